The SMILES string of the molecule is O[C@@H]1CCN(c2ccc3nnc(C(F)(F)F)n3n2)C1. The number of halogens is 3. The molecule has 3 heterocycles. The molecule has 0 spiro atoms. The van der Waals surface area contributed by atoms with E-state index in [-0.39, 0.29) is 5.65 Å². The van der Waals surface area contributed by atoms with E-state index in [9.17, 15) is 18.3 Å². The Kier molecular flexibility index (Phi) is 2.59. The van der Waals surface area contributed by atoms with Gasteiger partial charge in [0, 0.05) is 13.1 Å². The van der Waals surface area contributed by atoms with Crippen molar-refractivity contribution in [1.29, 1.82) is 0 Å². The van der Waals surface area contributed by atoms with Gasteiger partial charge in [0.2, 0.25) is 0 Å². The van der Waals surface area contributed by atoms with E-state index in [1.54, 1.807) is 11.0 Å². The van der Waals surface area contributed by atoms with E-state index in [0.29, 0.717) is 29.8 Å². The molecule has 0 radical (unpaired) electrons. The monoisotopic (exact) mass is 273 g/mol. The second-order valence-corrected chi connectivity index (χ2v) is 4.37. The molecule has 0 saturated carbocycles. The van der Waals surface area contributed by atoms with Crippen molar-refractivity contribution in [3.05, 3.63) is 18.0 Å². The fraction of sp³-hybridized carbons (Fsp3) is 0.500. The molecule has 1 aliphatic rings. The number of aliphatic hydroxyl groups excluding tert-OH is 1. The van der Waals surface area contributed by atoms with Gasteiger partial charge in [-0.3, -0.25) is 0 Å². The largest absolute Gasteiger partial charge is 0.453 e. The molecule has 0 aliphatic carbocycles. The second-order valence-electron chi connectivity index (χ2n) is 4.37. The molecular weight excluding hydrogens is 263 g/mol. The standard InChI is InChI=1S/C10H10F3N5O/c11-10(12,13)9-15-14-7-1-2-8(16-18(7)9)17-4-3-6(19)5-17/h1-2,6,19H,3-5H2/t6-/m1/s1. The first-order valence-electron chi connectivity index (χ1n) is 5.68. The van der Waals surface area contributed by atoms with Crippen molar-refractivity contribution in [2.75, 3.05) is 18.0 Å². The molecule has 0 amide bonds. The Morgan fingerprint density at radius 3 is 2.68 bits per heavy atom. The number of nitrogens with zero attached hydrogens (tertiary/aromatic N) is 5. The summed E-state index contributed by atoms with van der Waals surface area (Å²) in [5.74, 6) is -0.779. The van der Waals surface area contributed by atoms with Gasteiger partial charge in [-0.25, -0.2) is 0 Å². The number of alkyl halides is 3. The molecule has 9 heteroatoms. The van der Waals surface area contributed by atoms with E-state index in [1.165, 1.54) is 6.07 Å². The van der Waals surface area contributed by atoms with Crippen LogP contribution in [0.5, 0.6) is 0 Å². The number of aliphatic hydroxyl groups is 1. The highest BCUT2D eigenvalue weighted by Gasteiger charge is 2.38. The van der Waals surface area contributed by atoms with E-state index in [4.69, 9.17) is 0 Å². The van der Waals surface area contributed by atoms with Crippen LogP contribution in [0.3, 0.4) is 0 Å². The summed E-state index contributed by atoms with van der Waals surface area (Å²) in [4.78, 5) is 1.73. The summed E-state index contributed by atoms with van der Waals surface area (Å²) >= 11 is 0. The van der Waals surface area contributed by atoms with Gasteiger partial charge in [0.05, 0.1) is 6.10 Å². The predicted molar refractivity (Wildman–Crippen MR) is 58.6 cm³/mol. The van der Waals surface area contributed by atoms with Crippen molar-refractivity contribution in [2.24, 2.45) is 0 Å². The van der Waals surface area contributed by atoms with Crippen LogP contribution in [0.25, 0.3) is 5.65 Å². The maximum absolute atomic E-state index is 12.7. The Morgan fingerprint density at radius 1 is 1.26 bits per heavy atom. The fourth-order valence-electron chi connectivity index (χ4n) is 2.07. The third-order valence-corrected chi connectivity index (χ3v) is 2.99. The lowest BCUT2D eigenvalue weighted by atomic mass is 10.3. The number of anilines is 1. The van der Waals surface area contributed by atoms with E-state index in [1.807, 2.05) is 0 Å². The van der Waals surface area contributed by atoms with Crippen LogP contribution in [0, 0.1) is 0 Å². The molecule has 102 valence electrons. The summed E-state index contributed by atoms with van der Waals surface area (Å²) in [6.45, 7) is 0.922. The Balaban J connectivity index is 2.04. The molecule has 0 aromatic carbocycles. The molecule has 1 fully saturated rings. The number of hydrogen-bond donors (Lipinski definition) is 1. The van der Waals surface area contributed by atoms with Gasteiger partial charge in [-0.05, 0) is 18.6 Å². The van der Waals surface area contributed by atoms with E-state index in [2.05, 4.69) is 15.3 Å². The lowest BCUT2D eigenvalue weighted by molar-refractivity contribution is -0.146. The summed E-state index contributed by atoms with van der Waals surface area (Å²) in [6, 6.07) is 3.00. The van der Waals surface area contributed by atoms with Crippen molar-refractivity contribution < 1.29 is 18.3 Å². The van der Waals surface area contributed by atoms with Crippen molar-refractivity contribution in [2.45, 2.75) is 18.7 Å². The first-order chi connectivity index (χ1) is 8.95. The predicted octanol–water partition coefficient (Wildman–Crippen LogP) is 0.714. The number of β-amino-alcohol motifs (C(OH)–C–C–N with tert-alkyl or cyclic N) is 1. The molecular formula is C10H10F3N5O. The van der Waals surface area contributed by atoms with Crippen molar-refractivity contribution in [3.8, 4) is 0 Å². The maximum Gasteiger partial charge on any atom is 0.453 e. The molecule has 3 rings (SSSR count). The zero-order valence-electron chi connectivity index (χ0n) is 9.67. The first kappa shape index (κ1) is 12.2. The van der Waals surface area contributed by atoms with E-state index >= 15 is 0 Å². The Morgan fingerprint density at radius 2 is 2.05 bits per heavy atom. The molecule has 0 unspecified atom stereocenters. The molecule has 1 N–H and O–H groups in total. The highest BCUT2D eigenvalue weighted by Crippen LogP contribution is 2.28. The van der Waals surface area contributed by atoms with Gasteiger partial charge in [0.25, 0.3) is 5.82 Å². The number of rotatable bonds is 1. The third-order valence-electron chi connectivity index (χ3n) is 2.99. The number of fused-ring (bicyclic) bond motifs is 1. The van der Waals surface area contributed by atoms with Crippen molar-refractivity contribution in [1.82, 2.24) is 19.8 Å². The zero-order chi connectivity index (χ0) is 13.6. The van der Waals surface area contributed by atoms with Crippen molar-refractivity contribution in [3.63, 3.8) is 0 Å². The lowest BCUT2D eigenvalue weighted by Gasteiger charge is -2.16. The Labute approximate surface area is 105 Å². The van der Waals surface area contributed by atoms with Crippen LogP contribution in [0.4, 0.5) is 19.0 Å². The van der Waals surface area contributed by atoms with Gasteiger partial charge in [0.1, 0.15) is 5.82 Å². The fourth-order valence-corrected chi connectivity index (χ4v) is 2.07. The highest BCUT2D eigenvalue weighted by atomic mass is 19.4. The van der Waals surface area contributed by atoms with Crippen LogP contribution in [-0.4, -0.2) is 44.1 Å². The van der Waals surface area contributed by atoms with E-state index in [0.717, 1.165) is 0 Å². The van der Waals surface area contributed by atoms with Gasteiger partial charge >= 0.3 is 6.18 Å². The summed E-state index contributed by atoms with van der Waals surface area (Å²) in [5.41, 5.74) is 0.0378. The van der Waals surface area contributed by atoms with Gasteiger partial charge in [-0.15, -0.1) is 15.3 Å². The molecule has 2 aromatic heterocycles. The lowest BCUT2D eigenvalue weighted by Crippen LogP contribution is -2.23. The van der Waals surface area contributed by atoms with Crippen LogP contribution in [0.15, 0.2) is 12.1 Å². The highest BCUT2D eigenvalue weighted by molar-refractivity contribution is 5.46. The molecule has 0 bridgehead atoms. The van der Waals surface area contributed by atoms with Crippen LogP contribution in [0.1, 0.15) is 12.2 Å². The normalized spacial score (nSPS) is 20.4. The van der Waals surface area contributed by atoms with Crippen LogP contribution in [-0.2, 0) is 6.18 Å². The molecule has 19 heavy (non-hydrogen) atoms. The molecule has 1 aliphatic heterocycles. The smallest absolute Gasteiger partial charge is 0.391 e. The number of hydrogen-bond acceptors (Lipinski definition) is 5. The molecule has 2 aromatic rings. The topological polar surface area (TPSA) is 66.5 Å². The van der Waals surface area contributed by atoms with Crippen LogP contribution >= 0.6 is 0 Å². The minimum absolute atomic E-state index is 0.0378. The summed E-state index contributed by atoms with van der Waals surface area (Å²) in [6.07, 6.45) is -4.50. The van der Waals surface area contributed by atoms with E-state index < -0.39 is 18.1 Å². The average Bonchev–Trinajstić information content (AvgIpc) is 2.92. The maximum atomic E-state index is 12.7. The van der Waals surface area contributed by atoms with Gasteiger partial charge in [0.15, 0.2) is 5.65 Å². The number of aromatic nitrogens is 4. The summed E-state index contributed by atoms with van der Waals surface area (Å²) in [7, 11) is 0. The quantitative estimate of drug-likeness (QED) is 0.829. The van der Waals surface area contributed by atoms with Gasteiger partial charge in [-0.1, -0.05) is 0 Å². The first-order valence-corrected chi connectivity index (χ1v) is 5.68. The minimum Gasteiger partial charge on any atom is -0.391 e. The van der Waals surface area contributed by atoms with Crippen LogP contribution < -0.4 is 4.90 Å². The second kappa shape index (κ2) is 4.05. The Bertz CT molecular complexity index is 611. The minimum atomic E-state index is -4.60. The van der Waals surface area contributed by atoms with Gasteiger partial charge in [-0.2, -0.15) is 17.7 Å². The van der Waals surface area contributed by atoms with Crippen molar-refractivity contribution >= 4 is 11.5 Å². The van der Waals surface area contributed by atoms with Gasteiger partial charge < -0.3 is 10.0 Å². The third kappa shape index (κ3) is 2.09. The molecule has 1 saturated heterocycles. The Hall–Kier alpha value is -1.90. The average molecular weight is 273 g/mol. The summed E-state index contributed by atoms with van der Waals surface area (Å²) < 4.78 is 38.8. The summed E-state index contributed by atoms with van der Waals surface area (Å²) in [5, 5.41) is 19.9. The molecule has 1 atom stereocenters. The zero-order valence-corrected chi connectivity index (χ0v) is 9.67. The molecule has 6 nitrogen and oxygen atoms in total. The van der Waals surface area contributed by atoms with Crippen LogP contribution in [0.2, 0.25) is 0 Å².